The van der Waals surface area contributed by atoms with Crippen molar-refractivity contribution in [3.05, 3.63) is 34.6 Å². The highest BCUT2D eigenvalue weighted by molar-refractivity contribution is 5.82. The molecule has 2 heterocycles. The molecular formula is C21H29N5O. The minimum Gasteiger partial charge on any atom is -0.350 e. The van der Waals surface area contributed by atoms with Gasteiger partial charge in [-0.1, -0.05) is 0 Å². The van der Waals surface area contributed by atoms with Crippen molar-refractivity contribution in [2.45, 2.75) is 59.4 Å². The average Bonchev–Trinajstić information content (AvgIpc) is 3.03. The van der Waals surface area contributed by atoms with E-state index in [-0.39, 0.29) is 18.0 Å². The van der Waals surface area contributed by atoms with Gasteiger partial charge in [-0.2, -0.15) is 0 Å². The molecule has 1 aliphatic rings. The number of hydrogen-bond donors (Lipinski definition) is 1. The molecule has 0 bridgehead atoms. The van der Waals surface area contributed by atoms with Crippen LogP contribution in [-0.4, -0.2) is 40.0 Å². The molecule has 0 fully saturated rings. The molecule has 1 aliphatic carbocycles. The lowest BCUT2D eigenvalue weighted by atomic mass is 10.1. The van der Waals surface area contributed by atoms with Crippen molar-refractivity contribution in [1.82, 2.24) is 20.3 Å². The van der Waals surface area contributed by atoms with Crippen LogP contribution in [0.5, 0.6) is 0 Å². The van der Waals surface area contributed by atoms with Crippen molar-refractivity contribution in [2.75, 3.05) is 18.5 Å². The molecule has 2 aromatic heterocycles. The molecule has 1 N–H and O–H groups in total. The number of nitrogens with zero attached hydrogens (tertiary/aromatic N) is 4. The summed E-state index contributed by atoms with van der Waals surface area (Å²) in [5.41, 5.74) is 5.09. The fourth-order valence-electron chi connectivity index (χ4n) is 3.34. The highest BCUT2D eigenvalue weighted by atomic mass is 16.2. The van der Waals surface area contributed by atoms with Gasteiger partial charge >= 0.3 is 0 Å². The first-order valence-electron chi connectivity index (χ1n) is 9.49. The third-order valence-electron chi connectivity index (χ3n) is 4.77. The molecule has 2 aromatic rings. The number of amides is 1. The van der Waals surface area contributed by atoms with Gasteiger partial charge in [0.1, 0.15) is 11.5 Å². The molecule has 0 unspecified atom stereocenters. The first kappa shape index (κ1) is 19.3. The third-order valence-corrected chi connectivity index (χ3v) is 4.77. The Labute approximate surface area is 161 Å². The van der Waals surface area contributed by atoms with E-state index in [0.29, 0.717) is 5.82 Å². The average molecular weight is 367 g/mol. The summed E-state index contributed by atoms with van der Waals surface area (Å²) in [6, 6.07) is 2.03. The summed E-state index contributed by atoms with van der Waals surface area (Å²) in [4.78, 5) is 28.4. The molecule has 6 heteroatoms. The Hall–Kier alpha value is -2.50. The van der Waals surface area contributed by atoms with E-state index in [1.807, 2.05) is 51.9 Å². The summed E-state index contributed by atoms with van der Waals surface area (Å²) >= 11 is 0. The lowest BCUT2D eigenvalue weighted by molar-refractivity contribution is -0.121. The molecule has 0 spiro atoms. The van der Waals surface area contributed by atoms with Gasteiger partial charge in [0.2, 0.25) is 5.91 Å². The molecule has 0 saturated heterocycles. The fourth-order valence-corrected chi connectivity index (χ4v) is 3.34. The van der Waals surface area contributed by atoms with Crippen LogP contribution >= 0.6 is 0 Å². The number of rotatable bonds is 4. The van der Waals surface area contributed by atoms with E-state index < -0.39 is 0 Å². The first-order valence-corrected chi connectivity index (χ1v) is 9.49. The molecule has 0 radical (unpaired) electrons. The zero-order chi connectivity index (χ0) is 19.8. The Kier molecular flexibility index (Phi) is 5.18. The second kappa shape index (κ2) is 7.25. The van der Waals surface area contributed by atoms with E-state index in [1.165, 1.54) is 5.56 Å². The molecule has 0 aromatic carbocycles. The van der Waals surface area contributed by atoms with Crippen LogP contribution in [0.1, 0.15) is 49.6 Å². The lowest BCUT2D eigenvalue weighted by Gasteiger charge is -2.25. The van der Waals surface area contributed by atoms with Crippen LogP contribution < -0.4 is 10.2 Å². The Morgan fingerprint density at radius 1 is 1.19 bits per heavy atom. The molecule has 144 valence electrons. The standard InChI is InChI=1S/C21H29N5O/c1-13-10-17(22-11-14(13)2)19-23-16-9-7-8-15(16)20(24-19)26(6)12-18(27)25-21(3,4)5/h10-11H,7-9,12H2,1-6H3,(H,25,27). The molecule has 3 rings (SSSR count). The van der Waals surface area contributed by atoms with Crippen molar-refractivity contribution in [3.63, 3.8) is 0 Å². The number of hydrogen-bond acceptors (Lipinski definition) is 5. The van der Waals surface area contributed by atoms with Gasteiger partial charge in [0.05, 0.1) is 6.54 Å². The highest BCUT2D eigenvalue weighted by Crippen LogP contribution is 2.30. The van der Waals surface area contributed by atoms with Gasteiger partial charge in [-0.15, -0.1) is 0 Å². The predicted molar refractivity (Wildman–Crippen MR) is 108 cm³/mol. The maximum Gasteiger partial charge on any atom is 0.239 e. The molecule has 0 aliphatic heterocycles. The summed E-state index contributed by atoms with van der Waals surface area (Å²) in [6.07, 6.45) is 4.84. The number of anilines is 1. The van der Waals surface area contributed by atoms with Crippen molar-refractivity contribution in [2.24, 2.45) is 0 Å². The van der Waals surface area contributed by atoms with Crippen molar-refractivity contribution >= 4 is 11.7 Å². The summed E-state index contributed by atoms with van der Waals surface area (Å²) in [7, 11) is 1.92. The van der Waals surface area contributed by atoms with Gasteiger partial charge in [-0.3, -0.25) is 9.78 Å². The second-order valence-electron chi connectivity index (χ2n) is 8.46. The lowest BCUT2D eigenvalue weighted by Crippen LogP contribution is -2.45. The second-order valence-corrected chi connectivity index (χ2v) is 8.46. The van der Waals surface area contributed by atoms with E-state index in [4.69, 9.17) is 9.97 Å². The summed E-state index contributed by atoms with van der Waals surface area (Å²) in [5.74, 6) is 1.47. The topological polar surface area (TPSA) is 71.0 Å². The molecule has 1 amide bonds. The summed E-state index contributed by atoms with van der Waals surface area (Å²) in [6.45, 7) is 10.3. The Morgan fingerprint density at radius 2 is 1.93 bits per heavy atom. The van der Waals surface area contributed by atoms with Gasteiger partial charge < -0.3 is 10.2 Å². The van der Waals surface area contributed by atoms with Crippen LogP contribution in [0.15, 0.2) is 12.3 Å². The molecule has 0 saturated carbocycles. The third kappa shape index (κ3) is 4.43. The van der Waals surface area contributed by atoms with Crippen molar-refractivity contribution < 1.29 is 4.79 Å². The van der Waals surface area contributed by atoms with Crippen LogP contribution in [0.2, 0.25) is 0 Å². The van der Waals surface area contributed by atoms with E-state index >= 15 is 0 Å². The SMILES string of the molecule is Cc1cnc(-c2nc3c(c(N(C)CC(=O)NC(C)(C)C)n2)CCC3)cc1C. The number of aromatic nitrogens is 3. The van der Waals surface area contributed by atoms with Crippen molar-refractivity contribution in [3.8, 4) is 11.5 Å². The van der Waals surface area contributed by atoms with Crippen LogP contribution in [0.3, 0.4) is 0 Å². The maximum atomic E-state index is 12.4. The number of aryl methyl sites for hydroxylation is 3. The molecule has 6 nitrogen and oxygen atoms in total. The van der Waals surface area contributed by atoms with E-state index in [0.717, 1.165) is 47.6 Å². The monoisotopic (exact) mass is 367 g/mol. The smallest absolute Gasteiger partial charge is 0.239 e. The van der Waals surface area contributed by atoms with Gasteiger partial charge in [0.25, 0.3) is 0 Å². The number of carbonyl (C=O) groups is 1. The maximum absolute atomic E-state index is 12.4. The number of likely N-dealkylation sites (N-methyl/N-ethyl adjacent to an activating group) is 1. The predicted octanol–water partition coefficient (Wildman–Crippen LogP) is 3.00. The Bertz CT molecular complexity index is 870. The van der Waals surface area contributed by atoms with E-state index in [9.17, 15) is 4.79 Å². The van der Waals surface area contributed by atoms with E-state index in [1.54, 1.807) is 0 Å². The zero-order valence-electron chi connectivity index (χ0n) is 17.2. The van der Waals surface area contributed by atoms with Crippen LogP contribution in [0.25, 0.3) is 11.5 Å². The highest BCUT2D eigenvalue weighted by Gasteiger charge is 2.24. The number of fused-ring (bicyclic) bond motifs is 1. The van der Waals surface area contributed by atoms with Gasteiger partial charge in [-0.05, 0) is 71.1 Å². The van der Waals surface area contributed by atoms with Crippen LogP contribution in [0.4, 0.5) is 5.82 Å². The summed E-state index contributed by atoms with van der Waals surface area (Å²) < 4.78 is 0. The quantitative estimate of drug-likeness (QED) is 0.899. The molecule has 0 atom stereocenters. The van der Waals surface area contributed by atoms with Crippen LogP contribution in [-0.2, 0) is 17.6 Å². The minimum absolute atomic E-state index is 0.0128. The Morgan fingerprint density at radius 3 is 2.59 bits per heavy atom. The van der Waals surface area contributed by atoms with Gasteiger partial charge in [0.15, 0.2) is 5.82 Å². The fraction of sp³-hybridized carbons (Fsp3) is 0.524. The van der Waals surface area contributed by atoms with Crippen molar-refractivity contribution in [1.29, 1.82) is 0 Å². The zero-order valence-corrected chi connectivity index (χ0v) is 17.2. The summed E-state index contributed by atoms with van der Waals surface area (Å²) in [5, 5.41) is 3.01. The van der Waals surface area contributed by atoms with Gasteiger partial charge in [-0.25, -0.2) is 9.97 Å². The first-order chi connectivity index (χ1) is 12.6. The van der Waals surface area contributed by atoms with Gasteiger partial charge in [0, 0.05) is 30.0 Å². The Balaban J connectivity index is 1.94. The normalized spacial score (nSPS) is 13.4. The molecule has 27 heavy (non-hydrogen) atoms. The molecular weight excluding hydrogens is 338 g/mol. The van der Waals surface area contributed by atoms with E-state index in [2.05, 4.69) is 17.2 Å². The minimum atomic E-state index is -0.250. The largest absolute Gasteiger partial charge is 0.350 e. The number of nitrogens with one attached hydrogen (secondary N) is 1. The number of carbonyl (C=O) groups excluding carboxylic acids is 1. The van der Waals surface area contributed by atoms with Crippen LogP contribution in [0, 0.1) is 13.8 Å². The number of pyridine rings is 1.